The Kier molecular flexibility index (Phi) is 6.12. The molecule has 4 rings (SSSR count). The van der Waals surface area contributed by atoms with E-state index in [4.69, 9.17) is 9.47 Å². The van der Waals surface area contributed by atoms with Gasteiger partial charge in [0.2, 0.25) is 10.0 Å². The number of hydrogen-bond acceptors (Lipinski definition) is 5. The van der Waals surface area contributed by atoms with E-state index >= 15 is 0 Å². The van der Waals surface area contributed by atoms with Crippen LogP contribution in [0.1, 0.15) is 18.1 Å². The number of benzene rings is 2. The second-order valence-electron chi connectivity index (χ2n) is 7.88. The third-order valence-corrected chi connectivity index (χ3v) is 7.34. The highest BCUT2D eigenvalue weighted by molar-refractivity contribution is 7.89. The summed E-state index contributed by atoms with van der Waals surface area (Å²) in [5.74, 6) is 0.857. The molecule has 2 aromatic carbocycles. The quantitative estimate of drug-likeness (QED) is 0.624. The van der Waals surface area contributed by atoms with E-state index in [-0.39, 0.29) is 43.4 Å². The van der Waals surface area contributed by atoms with Gasteiger partial charge in [0, 0.05) is 43.3 Å². The second kappa shape index (κ2) is 8.84. The maximum atomic E-state index is 13.6. The van der Waals surface area contributed by atoms with E-state index < -0.39 is 16.1 Å². The fourth-order valence-electron chi connectivity index (χ4n) is 3.92. The summed E-state index contributed by atoms with van der Waals surface area (Å²) >= 11 is 0. The number of hydrogen-bond donors (Lipinski definition) is 1. The largest absolute Gasteiger partial charge is 0.456 e. The lowest BCUT2D eigenvalue weighted by molar-refractivity contribution is 0.0934. The molecular formula is C23H27N3O5S. The number of sulfonamides is 1. The third kappa shape index (κ3) is 4.44. The van der Waals surface area contributed by atoms with Crippen LogP contribution in [0.2, 0.25) is 0 Å². The van der Waals surface area contributed by atoms with Gasteiger partial charge in [0.05, 0.1) is 6.61 Å². The van der Waals surface area contributed by atoms with Gasteiger partial charge in [-0.15, -0.1) is 0 Å². The number of aryl methyl sites for hydroxylation is 2. The van der Waals surface area contributed by atoms with E-state index in [1.807, 2.05) is 38.1 Å². The summed E-state index contributed by atoms with van der Waals surface area (Å²) in [4.78, 5) is 16.7. The first-order valence-corrected chi connectivity index (χ1v) is 12.0. The molecule has 32 heavy (non-hydrogen) atoms. The van der Waals surface area contributed by atoms with Gasteiger partial charge >= 0.3 is 6.09 Å². The number of aromatic nitrogens is 1. The van der Waals surface area contributed by atoms with Crippen LogP contribution in [0.4, 0.5) is 4.79 Å². The Morgan fingerprint density at radius 2 is 1.72 bits per heavy atom. The molecule has 1 aliphatic heterocycles. The fourth-order valence-corrected chi connectivity index (χ4v) is 5.47. The van der Waals surface area contributed by atoms with Crippen LogP contribution < -0.4 is 4.74 Å². The highest BCUT2D eigenvalue weighted by Gasteiger charge is 2.33. The molecule has 170 valence electrons. The molecule has 8 nitrogen and oxygen atoms in total. The van der Waals surface area contributed by atoms with Gasteiger partial charge < -0.3 is 19.4 Å². The first kappa shape index (κ1) is 22.2. The van der Waals surface area contributed by atoms with Crippen molar-refractivity contribution in [3.05, 3.63) is 53.7 Å². The van der Waals surface area contributed by atoms with Gasteiger partial charge in [-0.2, -0.15) is 4.31 Å². The fraction of sp³-hybridized carbons (Fsp3) is 0.348. The monoisotopic (exact) mass is 457 g/mol. The number of piperazine rings is 1. The first-order valence-electron chi connectivity index (χ1n) is 10.6. The number of carbonyl (C=O) groups is 1. The van der Waals surface area contributed by atoms with Crippen LogP contribution in [0.5, 0.6) is 11.5 Å². The van der Waals surface area contributed by atoms with Crippen molar-refractivity contribution < 1.29 is 22.7 Å². The third-order valence-electron chi connectivity index (χ3n) is 5.42. The van der Waals surface area contributed by atoms with Crippen LogP contribution in [0, 0.1) is 13.8 Å². The highest BCUT2D eigenvalue weighted by Crippen LogP contribution is 2.35. The number of rotatable bonds is 5. The Labute approximate surface area is 187 Å². The molecule has 0 radical (unpaired) electrons. The van der Waals surface area contributed by atoms with Crippen molar-refractivity contribution in [1.29, 1.82) is 0 Å². The van der Waals surface area contributed by atoms with E-state index in [0.29, 0.717) is 11.3 Å². The van der Waals surface area contributed by atoms with Gasteiger partial charge in [-0.3, -0.25) is 0 Å². The van der Waals surface area contributed by atoms with Gasteiger partial charge in [-0.05, 0) is 62.2 Å². The number of H-pyrrole nitrogens is 1. The first-order chi connectivity index (χ1) is 15.3. The summed E-state index contributed by atoms with van der Waals surface area (Å²) in [7, 11) is -3.85. The van der Waals surface area contributed by atoms with Crippen molar-refractivity contribution in [2.75, 3.05) is 32.8 Å². The normalized spacial score (nSPS) is 15.2. The lowest BCUT2D eigenvalue weighted by Gasteiger charge is -2.33. The molecule has 9 heteroatoms. The van der Waals surface area contributed by atoms with Crippen molar-refractivity contribution >= 4 is 27.0 Å². The maximum absolute atomic E-state index is 13.6. The zero-order valence-electron chi connectivity index (χ0n) is 18.4. The van der Waals surface area contributed by atoms with E-state index in [1.54, 1.807) is 25.3 Å². The van der Waals surface area contributed by atoms with Crippen LogP contribution >= 0.6 is 0 Å². The standard InChI is InChI=1S/C23H27N3O5S/c1-4-30-23(27)25-7-9-26(10-8-25)32(28,29)22-15-20-18(5-6-24-20)14-21(22)31-19-12-16(2)11-17(3)13-19/h5-6,11-15,24H,4,7-10H2,1-3H3. The van der Waals surface area contributed by atoms with Crippen LogP contribution in [0.25, 0.3) is 10.9 Å². The molecule has 1 N–H and O–H groups in total. The Morgan fingerprint density at radius 3 is 2.38 bits per heavy atom. The number of aromatic amines is 1. The second-order valence-corrected chi connectivity index (χ2v) is 9.79. The summed E-state index contributed by atoms with van der Waals surface area (Å²) in [6.07, 6.45) is 1.34. The predicted molar refractivity (Wildman–Crippen MR) is 122 cm³/mol. The average molecular weight is 458 g/mol. The van der Waals surface area contributed by atoms with Crippen LogP contribution in [0.3, 0.4) is 0 Å². The van der Waals surface area contributed by atoms with Gasteiger partial charge in [-0.25, -0.2) is 13.2 Å². The molecule has 1 saturated heterocycles. The molecule has 0 atom stereocenters. The Balaban J connectivity index is 1.66. The number of fused-ring (bicyclic) bond motifs is 1. The van der Waals surface area contributed by atoms with E-state index in [0.717, 1.165) is 16.5 Å². The number of ether oxygens (including phenoxy) is 2. The van der Waals surface area contributed by atoms with Gasteiger partial charge in [0.15, 0.2) is 0 Å². The van der Waals surface area contributed by atoms with Gasteiger partial charge in [-0.1, -0.05) is 6.07 Å². The molecule has 0 bridgehead atoms. The van der Waals surface area contributed by atoms with Gasteiger partial charge in [0.25, 0.3) is 0 Å². The molecule has 3 aromatic rings. The Morgan fingerprint density at radius 1 is 1.03 bits per heavy atom. The number of amides is 1. The summed E-state index contributed by atoms with van der Waals surface area (Å²) in [5.41, 5.74) is 2.77. The minimum atomic E-state index is -3.85. The molecule has 2 heterocycles. The molecule has 1 fully saturated rings. The van der Waals surface area contributed by atoms with Crippen molar-refractivity contribution in [2.45, 2.75) is 25.7 Å². The van der Waals surface area contributed by atoms with Crippen LogP contribution in [0.15, 0.2) is 47.5 Å². The van der Waals surface area contributed by atoms with Gasteiger partial charge in [0.1, 0.15) is 16.4 Å². The number of nitrogens with zero attached hydrogens (tertiary/aromatic N) is 2. The number of nitrogens with one attached hydrogen (secondary N) is 1. The van der Waals surface area contributed by atoms with Crippen molar-refractivity contribution in [3.63, 3.8) is 0 Å². The molecule has 1 amide bonds. The minimum Gasteiger partial charge on any atom is -0.456 e. The molecule has 1 aliphatic rings. The zero-order valence-corrected chi connectivity index (χ0v) is 19.2. The Bertz CT molecular complexity index is 1220. The molecule has 0 spiro atoms. The number of carbonyl (C=O) groups excluding carboxylic acids is 1. The zero-order chi connectivity index (χ0) is 22.9. The SMILES string of the molecule is CCOC(=O)N1CCN(S(=O)(=O)c2cc3[nH]ccc3cc2Oc2cc(C)cc(C)c2)CC1. The molecule has 0 saturated carbocycles. The van der Waals surface area contributed by atoms with Crippen molar-refractivity contribution in [2.24, 2.45) is 0 Å². The summed E-state index contributed by atoms with van der Waals surface area (Å²) in [5, 5.41) is 0.857. The predicted octanol–water partition coefficient (Wildman–Crippen LogP) is 4.04. The average Bonchev–Trinajstić information content (AvgIpc) is 3.20. The molecule has 1 aromatic heterocycles. The summed E-state index contributed by atoms with van der Waals surface area (Å²) in [6.45, 7) is 6.89. The summed E-state index contributed by atoms with van der Waals surface area (Å²) < 4.78 is 39.7. The van der Waals surface area contributed by atoms with Crippen LogP contribution in [-0.2, 0) is 14.8 Å². The summed E-state index contributed by atoms with van der Waals surface area (Å²) in [6, 6.07) is 11.0. The lowest BCUT2D eigenvalue weighted by Crippen LogP contribution is -2.50. The minimum absolute atomic E-state index is 0.0937. The highest BCUT2D eigenvalue weighted by atomic mass is 32.2. The van der Waals surface area contributed by atoms with E-state index in [2.05, 4.69) is 4.98 Å². The van der Waals surface area contributed by atoms with E-state index in [9.17, 15) is 13.2 Å². The Hall–Kier alpha value is -3.04. The van der Waals surface area contributed by atoms with Crippen molar-refractivity contribution in [3.8, 4) is 11.5 Å². The van der Waals surface area contributed by atoms with E-state index in [1.165, 1.54) is 9.21 Å². The van der Waals surface area contributed by atoms with Crippen LogP contribution in [-0.4, -0.2) is 61.5 Å². The molecule has 0 unspecified atom stereocenters. The molecular weight excluding hydrogens is 430 g/mol. The maximum Gasteiger partial charge on any atom is 0.409 e. The topological polar surface area (TPSA) is 91.9 Å². The smallest absolute Gasteiger partial charge is 0.409 e. The van der Waals surface area contributed by atoms with Crippen molar-refractivity contribution in [1.82, 2.24) is 14.2 Å². The lowest BCUT2D eigenvalue weighted by atomic mass is 10.1. The molecule has 0 aliphatic carbocycles.